The van der Waals surface area contributed by atoms with Gasteiger partial charge in [0.1, 0.15) is 11.4 Å². The zero-order chi connectivity index (χ0) is 22.3. The molecule has 0 aliphatic carbocycles. The van der Waals surface area contributed by atoms with Crippen molar-refractivity contribution in [1.82, 2.24) is 20.0 Å². The predicted octanol–water partition coefficient (Wildman–Crippen LogP) is 4.65. The van der Waals surface area contributed by atoms with Crippen LogP contribution in [0.25, 0.3) is 5.70 Å². The number of hydrazine groups is 1. The van der Waals surface area contributed by atoms with E-state index in [-0.39, 0.29) is 5.82 Å². The highest BCUT2D eigenvalue weighted by atomic mass is 19.1. The van der Waals surface area contributed by atoms with Gasteiger partial charge < -0.3 is 10.4 Å². The summed E-state index contributed by atoms with van der Waals surface area (Å²) < 4.78 is 13.2. The molecule has 2 aliphatic rings. The highest BCUT2D eigenvalue weighted by molar-refractivity contribution is 5.83. The van der Waals surface area contributed by atoms with Crippen LogP contribution in [0.1, 0.15) is 31.0 Å². The first-order valence-corrected chi connectivity index (χ1v) is 10.4. The molecule has 7 nitrogen and oxygen atoms in total. The van der Waals surface area contributed by atoms with E-state index < -0.39 is 5.60 Å². The average molecular weight is 430 g/mol. The summed E-state index contributed by atoms with van der Waals surface area (Å²) >= 11 is 0. The average Bonchev–Trinajstić information content (AvgIpc) is 3.05. The predicted molar refractivity (Wildman–Crippen MR) is 122 cm³/mol. The fraction of sp³-hybridized carbons (Fsp3) is 0.208. The number of hydrogen-bond donors (Lipinski definition) is 2. The third-order valence-corrected chi connectivity index (χ3v) is 5.68. The van der Waals surface area contributed by atoms with Gasteiger partial charge in [-0.1, -0.05) is 24.8 Å². The molecular formula is C24H23FN6O. The summed E-state index contributed by atoms with van der Waals surface area (Å²) in [7, 11) is 0. The Morgan fingerprint density at radius 3 is 2.75 bits per heavy atom. The molecule has 0 fully saturated rings. The minimum atomic E-state index is -1.05. The van der Waals surface area contributed by atoms with E-state index in [9.17, 15) is 9.50 Å². The van der Waals surface area contributed by atoms with Crippen molar-refractivity contribution in [3.63, 3.8) is 0 Å². The standard InChI is InChI=1S/C24H23FN6O/c1-16-19-15-26-23(27-18-11-9-17(25)10-12-18)29-22(19)31-21-8-6-7-20(28-21)24(2,32)13-4-3-5-14-30(16)31/h3,5-12,15,32H,1,4,13-14H2,2H3,(H,26,27,29)/b5-3-/t24-/m0/s1. The van der Waals surface area contributed by atoms with Gasteiger partial charge in [-0.15, -0.1) is 0 Å². The Kier molecular flexibility index (Phi) is 4.86. The van der Waals surface area contributed by atoms with Gasteiger partial charge in [0.25, 0.3) is 0 Å². The molecule has 0 saturated heterocycles. The molecule has 2 bridgehead atoms. The Labute approximate surface area is 185 Å². The number of pyridine rings is 1. The van der Waals surface area contributed by atoms with E-state index in [1.54, 1.807) is 25.3 Å². The quantitative estimate of drug-likeness (QED) is 0.573. The first kappa shape index (κ1) is 20.1. The SMILES string of the molecule is C=C1c2cnc(Nc3ccc(F)cc3)nc2N2c3cccc(n3)[C@@](C)(O)CC/C=C\CN12. The third kappa shape index (κ3) is 3.58. The lowest BCUT2D eigenvalue weighted by atomic mass is 9.95. The summed E-state index contributed by atoms with van der Waals surface area (Å²) in [5, 5.41) is 18.0. The van der Waals surface area contributed by atoms with Crippen LogP contribution in [0.5, 0.6) is 0 Å². The topological polar surface area (TPSA) is 77.4 Å². The zero-order valence-electron chi connectivity index (χ0n) is 17.7. The molecule has 1 atom stereocenters. The van der Waals surface area contributed by atoms with Crippen LogP contribution in [0.15, 0.2) is 67.4 Å². The Balaban J connectivity index is 1.59. The smallest absolute Gasteiger partial charge is 0.229 e. The number of hydrogen-bond acceptors (Lipinski definition) is 7. The number of aromatic nitrogens is 3. The number of nitrogens with zero attached hydrogens (tertiary/aromatic N) is 5. The summed E-state index contributed by atoms with van der Waals surface area (Å²) in [5.74, 6) is 1.32. The molecule has 5 rings (SSSR count). The lowest BCUT2D eigenvalue weighted by Gasteiger charge is -2.30. The van der Waals surface area contributed by atoms with E-state index in [1.807, 2.05) is 28.2 Å². The van der Waals surface area contributed by atoms with E-state index in [4.69, 9.17) is 9.97 Å². The number of rotatable bonds is 2. The molecule has 2 aromatic heterocycles. The van der Waals surface area contributed by atoms with Crippen molar-refractivity contribution in [1.29, 1.82) is 0 Å². The van der Waals surface area contributed by atoms with Crippen molar-refractivity contribution in [3.8, 4) is 0 Å². The second-order valence-electron chi connectivity index (χ2n) is 8.07. The van der Waals surface area contributed by atoms with Crippen LogP contribution in [0.2, 0.25) is 0 Å². The summed E-state index contributed by atoms with van der Waals surface area (Å²) in [6.45, 7) is 6.61. The van der Waals surface area contributed by atoms with Gasteiger partial charge in [0, 0.05) is 11.9 Å². The Morgan fingerprint density at radius 1 is 1.12 bits per heavy atom. The molecule has 3 aromatic rings. The molecule has 0 radical (unpaired) electrons. The second kappa shape index (κ2) is 7.72. The molecule has 162 valence electrons. The molecular weight excluding hydrogens is 407 g/mol. The van der Waals surface area contributed by atoms with Crippen LogP contribution in [-0.2, 0) is 5.60 Å². The Bertz CT molecular complexity index is 1210. The van der Waals surface area contributed by atoms with E-state index in [2.05, 4.69) is 29.0 Å². The summed E-state index contributed by atoms with van der Waals surface area (Å²) in [6, 6.07) is 11.6. The molecule has 0 unspecified atom stereocenters. The van der Waals surface area contributed by atoms with Crippen LogP contribution in [-0.4, -0.2) is 31.6 Å². The molecule has 2 aliphatic heterocycles. The van der Waals surface area contributed by atoms with Gasteiger partial charge in [-0.3, -0.25) is 5.01 Å². The lowest BCUT2D eigenvalue weighted by Crippen LogP contribution is -2.34. The molecule has 0 saturated carbocycles. The highest BCUT2D eigenvalue weighted by Crippen LogP contribution is 2.42. The minimum Gasteiger partial charge on any atom is -0.384 e. The fourth-order valence-electron chi connectivity index (χ4n) is 3.88. The second-order valence-corrected chi connectivity index (χ2v) is 8.07. The van der Waals surface area contributed by atoms with Gasteiger partial charge in [-0.25, -0.2) is 19.4 Å². The van der Waals surface area contributed by atoms with Crippen LogP contribution >= 0.6 is 0 Å². The molecule has 8 heteroatoms. The van der Waals surface area contributed by atoms with Gasteiger partial charge in [-0.05, 0) is 56.2 Å². The molecule has 1 aromatic carbocycles. The van der Waals surface area contributed by atoms with E-state index >= 15 is 0 Å². The summed E-state index contributed by atoms with van der Waals surface area (Å²) in [4.78, 5) is 13.9. The van der Waals surface area contributed by atoms with Crippen LogP contribution in [0.4, 0.5) is 27.7 Å². The normalized spacial score (nSPS) is 20.9. The molecule has 32 heavy (non-hydrogen) atoms. The maximum Gasteiger partial charge on any atom is 0.229 e. The van der Waals surface area contributed by atoms with Crippen molar-refractivity contribution < 1.29 is 9.50 Å². The van der Waals surface area contributed by atoms with Gasteiger partial charge in [0.15, 0.2) is 11.6 Å². The van der Waals surface area contributed by atoms with Crippen molar-refractivity contribution >= 4 is 29.0 Å². The highest BCUT2D eigenvalue weighted by Gasteiger charge is 2.35. The molecule has 4 heterocycles. The number of halogens is 1. The van der Waals surface area contributed by atoms with Crippen LogP contribution in [0, 0.1) is 5.82 Å². The number of aliphatic hydroxyl groups is 1. The van der Waals surface area contributed by atoms with E-state index in [0.717, 1.165) is 17.7 Å². The fourth-order valence-corrected chi connectivity index (χ4v) is 3.88. The first-order chi connectivity index (χ1) is 15.4. The van der Waals surface area contributed by atoms with Crippen LogP contribution < -0.4 is 10.3 Å². The van der Waals surface area contributed by atoms with Gasteiger partial charge >= 0.3 is 0 Å². The number of fused-ring (bicyclic) bond motifs is 6. The van der Waals surface area contributed by atoms with Gasteiger partial charge in [0.05, 0.1) is 23.5 Å². The van der Waals surface area contributed by atoms with Crippen LogP contribution in [0.3, 0.4) is 0 Å². The number of allylic oxidation sites excluding steroid dienone is 1. The van der Waals surface area contributed by atoms with Gasteiger partial charge in [-0.2, -0.15) is 4.98 Å². The number of anilines is 4. The third-order valence-electron chi connectivity index (χ3n) is 5.68. The first-order valence-electron chi connectivity index (χ1n) is 10.4. The monoisotopic (exact) mass is 430 g/mol. The number of nitrogens with one attached hydrogen (secondary N) is 1. The van der Waals surface area contributed by atoms with E-state index in [1.165, 1.54) is 12.1 Å². The summed E-state index contributed by atoms with van der Waals surface area (Å²) in [5.41, 5.74) is 1.78. The lowest BCUT2D eigenvalue weighted by molar-refractivity contribution is 0.0444. The maximum atomic E-state index is 13.2. The van der Waals surface area contributed by atoms with Crippen molar-refractivity contribution in [2.75, 3.05) is 16.9 Å². The van der Waals surface area contributed by atoms with Crippen molar-refractivity contribution in [2.45, 2.75) is 25.4 Å². The molecule has 0 spiro atoms. The minimum absolute atomic E-state index is 0.309. The van der Waals surface area contributed by atoms with Crippen molar-refractivity contribution in [3.05, 3.63) is 84.5 Å². The Hall–Kier alpha value is -3.78. The Morgan fingerprint density at radius 2 is 1.94 bits per heavy atom. The maximum absolute atomic E-state index is 13.2. The van der Waals surface area contributed by atoms with Crippen molar-refractivity contribution in [2.24, 2.45) is 0 Å². The van der Waals surface area contributed by atoms with Gasteiger partial charge in [0.2, 0.25) is 5.95 Å². The molecule has 0 amide bonds. The van der Waals surface area contributed by atoms with E-state index in [0.29, 0.717) is 41.9 Å². The largest absolute Gasteiger partial charge is 0.384 e. The number of benzene rings is 1. The summed E-state index contributed by atoms with van der Waals surface area (Å²) in [6.07, 6.45) is 7.14. The zero-order valence-corrected chi connectivity index (χ0v) is 17.7. The molecule has 2 N–H and O–H groups in total.